The van der Waals surface area contributed by atoms with Crippen LogP contribution in [0.2, 0.25) is 0 Å². The molecule has 2 rings (SSSR count). The van der Waals surface area contributed by atoms with Crippen molar-refractivity contribution >= 4 is 31.9 Å². The number of hydrogen-bond acceptors (Lipinski definition) is 2. The van der Waals surface area contributed by atoms with E-state index in [1.54, 1.807) is 0 Å². The van der Waals surface area contributed by atoms with Crippen molar-refractivity contribution in [1.29, 1.82) is 0 Å². The first-order valence-electron chi connectivity index (χ1n) is 6.72. The molecule has 2 aromatic rings. The topological polar surface area (TPSA) is 24.9 Å². The molecule has 20 heavy (non-hydrogen) atoms. The quantitative estimate of drug-likeness (QED) is 0.767. The minimum atomic E-state index is 0.158. The number of benzene rings is 1. The van der Waals surface area contributed by atoms with Gasteiger partial charge in [-0.3, -0.25) is 4.98 Å². The Kier molecular flexibility index (Phi) is 5.75. The summed E-state index contributed by atoms with van der Waals surface area (Å²) in [6, 6.07) is 10.7. The van der Waals surface area contributed by atoms with Crippen molar-refractivity contribution in [1.82, 2.24) is 10.3 Å². The molecule has 0 radical (unpaired) electrons. The Morgan fingerprint density at radius 3 is 2.60 bits per heavy atom. The number of pyridine rings is 1. The molecule has 0 saturated carbocycles. The molecule has 0 bridgehead atoms. The van der Waals surface area contributed by atoms with Gasteiger partial charge in [-0.05, 0) is 49.2 Å². The fourth-order valence-electron chi connectivity index (χ4n) is 2.08. The summed E-state index contributed by atoms with van der Waals surface area (Å²) in [5, 5.41) is 3.60. The summed E-state index contributed by atoms with van der Waals surface area (Å²) in [7, 11) is 0. The van der Waals surface area contributed by atoms with E-state index in [4.69, 9.17) is 0 Å². The standard InChI is InChI=1S/C16H18Br2N2/c1-3-8-19-16(12-5-4-11(2)20-10-12)14-7-6-13(17)9-15(14)18/h4-7,9-10,16,19H,3,8H2,1-2H3. The van der Waals surface area contributed by atoms with Crippen LogP contribution in [0, 0.1) is 6.92 Å². The van der Waals surface area contributed by atoms with Crippen molar-refractivity contribution in [2.75, 3.05) is 6.54 Å². The predicted octanol–water partition coefficient (Wildman–Crippen LogP) is 5.00. The van der Waals surface area contributed by atoms with E-state index in [9.17, 15) is 0 Å². The van der Waals surface area contributed by atoms with Crippen LogP contribution in [0.1, 0.15) is 36.2 Å². The molecule has 0 amide bonds. The van der Waals surface area contributed by atoms with E-state index in [1.807, 2.05) is 13.1 Å². The first-order chi connectivity index (χ1) is 9.61. The number of aryl methyl sites for hydroxylation is 1. The van der Waals surface area contributed by atoms with Crippen LogP contribution >= 0.6 is 31.9 Å². The molecule has 0 fully saturated rings. The SMILES string of the molecule is CCCNC(c1ccc(C)nc1)c1ccc(Br)cc1Br. The van der Waals surface area contributed by atoms with E-state index in [0.29, 0.717) is 0 Å². The molecule has 1 unspecified atom stereocenters. The molecule has 1 atom stereocenters. The monoisotopic (exact) mass is 396 g/mol. The normalized spacial score (nSPS) is 12.4. The van der Waals surface area contributed by atoms with Gasteiger partial charge in [-0.25, -0.2) is 0 Å². The summed E-state index contributed by atoms with van der Waals surface area (Å²) < 4.78 is 2.17. The molecule has 1 aromatic carbocycles. The van der Waals surface area contributed by atoms with Crippen molar-refractivity contribution in [3.63, 3.8) is 0 Å². The van der Waals surface area contributed by atoms with Crippen molar-refractivity contribution < 1.29 is 0 Å². The van der Waals surface area contributed by atoms with Crippen LogP contribution in [-0.4, -0.2) is 11.5 Å². The summed E-state index contributed by atoms with van der Waals surface area (Å²) in [5.41, 5.74) is 3.46. The van der Waals surface area contributed by atoms with Gasteiger partial charge in [0.2, 0.25) is 0 Å². The molecule has 106 valence electrons. The molecular formula is C16H18Br2N2. The molecule has 4 heteroatoms. The van der Waals surface area contributed by atoms with Crippen LogP contribution in [-0.2, 0) is 0 Å². The highest BCUT2D eigenvalue weighted by molar-refractivity contribution is 9.11. The third-order valence-corrected chi connectivity index (χ3v) is 4.32. The Balaban J connectivity index is 2.38. The second-order valence-electron chi connectivity index (χ2n) is 4.79. The lowest BCUT2D eigenvalue weighted by Gasteiger charge is -2.21. The lowest BCUT2D eigenvalue weighted by atomic mass is 10.00. The minimum Gasteiger partial charge on any atom is -0.306 e. The Morgan fingerprint density at radius 1 is 1.20 bits per heavy atom. The Morgan fingerprint density at radius 2 is 2.00 bits per heavy atom. The van der Waals surface area contributed by atoms with E-state index in [0.717, 1.165) is 27.6 Å². The first kappa shape index (κ1) is 15.7. The highest BCUT2D eigenvalue weighted by atomic mass is 79.9. The van der Waals surface area contributed by atoms with Crippen LogP contribution < -0.4 is 5.32 Å². The van der Waals surface area contributed by atoms with Gasteiger partial charge < -0.3 is 5.32 Å². The Hall–Kier alpha value is -0.710. The number of nitrogens with zero attached hydrogens (tertiary/aromatic N) is 1. The minimum absolute atomic E-state index is 0.158. The third-order valence-electron chi connectivity index (χ3n) is 3.14. The number of nitrogens with one attached hydrogen (secondary N) is 1. The maximum absolute atomic E-state index is 4.42. The first-order valence-corrected chi connectivity index (χ1v) is 8.31. The number of hydrogen-bond donors (Lipinski definition) is 1. The molecule has 0 aliphatic carbocycles. The molecule has 0 saturated heterocycles. The van der Waals surface area contributed by atoms with Gasteiger partial charge in [-0.15, -0.1) is 0 Å². The summed E-state index contributed by atoms with van der Waals surface area (Å²) in [5.74, 6) is 0. The van der Waals surface area contributed by atoms with Gasteiger partial charge in [0.1, 0.15) is 0 Å². The molecule has 2 nitrogen and oxygen atoms in total. The van der Waals surface area contributed by atoms with E-state index in [2.05, 4.69) is 79.4 Å². The van der Waals surface area contributed by atoms with E-state index in [1.165, 1.54) is 11.1 Å². The Labute approximate surface area is 137 Å². The van der Waals surface area contributed by atoms with Gasteiger partial charge in [0.05, 0.1) is 6.04 Å². The van der Waals surface area contributed by atoms with Gasteiger partial charge >= 0.3 is 0 Å². The van der Waals surface area contributed by atoms with Gasteiger partial charge in [0, 0.05) is 20.8 Å². The van der Waals surface area contributed by atoms with Crippen molar-refractivity contribution in [3.05, 3.63) is 62.3 Å². The van der Waals surface area contributed by atoms with E-state index >= 15 is 0 Å². The van der Waals surface area contributed by atoms with Crippen LogP contribution in [0.5, 0.6) is 0 Å². The molecule has 0 aliphatic heterocycles. The zero-order valence-electron chi connectivity index (χ0n) is 11.7. The van der Waals surface area contributed by atoms with Gasteiger partial charge in [-0.1, -0.05) is 50.9 Å². The fourth-order valence-corrected chi connectivity index (χ4v) is 3.36. The lowest BCUT2D eigenvalue weighted by molar-refractivity contribution is 0.595. The molecule has 0 spiro atoms. The second kappa shape index (κ2) is 7.34. The number of halogens is 2. The van der Waals surface area contributed by atoms with Crippen LogP contribution in [0.15, 0.2) is 45.5 Å². The van der Waals surface area contributed by atoms with Crippen LogP contribution in [0.25, 0.3) is 0 Å². The molecule has 0 aliphatic rings. The molecular weight excluding hydrogens is 380 g/mol. The molecule has 1 N–H and O–H groups in total. The fraction of sp³-hybridized carbons (Fsp3) is 0.312. The largest absolute Gasteiger partial charge is 0.306 e. The maximum Gasteiger partial charge on any atom is 0.0603 e. The number of aromatic nitrogens is 1. The van der Waals surface area contributed by atoms with E-state index in [-0.39, 0.29) is 6.04 Å². The molecule has 1 aromatic heterocycles. The van der Waals surface area contributed by atoms with Gasteiger partial charge in [0.25, 0.3) is 0 Å². The average molecular weight is 398 g/mol. The number of rotatable bonds is 5. The van der Waals surface area contributed by atoms with Crippen molar-refractivity contribution in [2.24, 2.45) is 0 Å². The highest BCUT2D eigenvalue weighted by Gasteiger charge is 2.16. The summed E-state index contributed by atoms with van der Waals surface area (Å²) in [6.07, 6.45) is 3.06. The summed E-state index contributed by atoms with van der Waals surface area (Å²) in [4.78, 5) is 4.42. The average Bonchev–Trinajstić information content (AvgIpc) is 2.42. The van der Waals surface area contributed by atoms with Crippen LogP contribution in [0.3, 0.4) is 0 Å². The lowest BCUT2D eigenvalue weighted by Crippen LogP contribution is -2.23. The third kappa shape index (κ3) is 3.90. The second-order valence-corrected chi connectivity index (χ2v) is 6.56. The smallest absolute Gasteiger partial charge is 0.0603 e. The maximum atomic E-state index is 4.42. The molecule has 1 heterocycles. The zero-order valence-corrected chi connectivity index (χ0v) is 14.8. The van der Waals surface area contributed by atoms with Gasteiger partial charge in [-0.2, -0.15) is 0 Å². The summed E-state index contributed by atoms with van der Waals surface area (Å²) in [6.45, 7) is 5.16. The van der Waals surface area contributed by atoms with Gasteiger partial charge in [0.15, 0.2) is 0 Å². The van der Waals surface area contributed by atoms with Crippen molar-refractivity contribution in [3.8, 4) is 0 Å². The summed E-state index contributed by atoms with van der Waals surface area (Å²) >= 11 is 7.16. The Bertz CT molecular complexity index is 567. The highest BCUT2D eigenvalue weighted by Crippen LogP contribution is 2.30. The zero-order chi connectivity index (χ0) is 14.5. The predicted molar refractivity (Wildman–Crippen MR) is 91.0 cm³/mol. The van der Waals surface area contributed by atoms with Crippen LogP contribution in [0.4, 0.5) is 0 Å². The van der Waals surface area contributed by atoms with Crippen molar-refractivity contribution in [2.45, 2.75) is 26.3 Å². The van der Waals surface area contributed by atoms with E-state index < -0.39 is 0 Å².